The molecule has 0 unspecified atom stereocenters. The lowest BCUT2D eigenvalue weighted by Crippen LogP contribution is -2.28. The molecule has 0 saturated carbocycles. The van der Waals surface area contributed by atoms with Crippen molar-refractivity contribution in [2.75, 3.05) is 18.0 Å². The van der Waals surface area contributed by atoms with Gasteiger partial charge in [-0.3, -0.25) is 0 Å². The summed E-state index contributed by atoms with van der Waals surface area (Å²) in [5, 5.41) is 1.20. The number of aliphatic imine (C=N–C) groups is 1. The van der Waals surface area contributed by atoms with Crippen LogP contribution in [0.25, 0.3) is 6.08 Å². The first-order valence-corrected chi connectivity index (χ1v) is 9.14. The van der Waals surface area contributed by atoms with Gasteiger partial charge >= 0.3 is 5.97 Å². The van der Waals surface area contributed by atoms with Crippen molar-refractivity contribution in [3.63, 3.8) is 0 Å². The normalized spacial score (nSPS) is 19.2. The van der Waals surface area contributed by atoms with Crippen molar-refractivity contribution in [2.45, 2.75) is 19.3 Å². The molecule has 25 heavy (non-hydrogen) atoms. The number of cyclic esters (lactones) is 1. The van der Waals surface area contributed by atoms with Crippen LogP contribution in [0.5, 0.6) is 0 Å². The standard InChI is InChI=1S/C19H17FN2O2S/c20-15-7-3-2-6-14(15)18-21-16(19(23)24-18)12-13-8-9-17(25-13)22-10-4-1-5-11-22/h2-3,6-9,12H,1,4-5,10-11H2/b16-12-. The third-order valence-electron chi connectivity index (χ3n) is 4.28. The average molecular weight is 356 g/mol. The summed E-state index contributed by atoms with van der Waals surface area (Å²) in [4.78, 5) is 19.5. The zero-order chi connectivity index (χ0) is 17.2. The lowest BCUT2D eigenvalue weighted by atomic mass is 10.1. The first-order chi connectivity index (χ1) is 12.2. The van der Waals surface area contributed by atoms with E-state index < -0.39 is 11.8 Å². The molecule has 1 aromatic carbocycles. The summed E-state index contributed by atoms with van der Waals surface area (Å²) < 4.78 is 19.0. The van der Waals surface area contributed by atoms with Gasteiger partial charge in [0.2, 0.25) is 5.90 Å². The van der Waals surface area contributed by atoms with E-state index in [1.165, 1.54) is 30.3 Å². The van der Waals surface area contributed by atoms with Crippen LogP contribution in [0.15, 0.2) is 47.1 Å². The van der Waals surface area contributed by atoms with Crippen LogP contribution in [-0.4, -0.2) is 25.0 Å². The first-order valence-electron chi connectivity index (χ1n) is 8.33. The second-order valence-corrected chi connectivity index (χ2v) is 7.13. The molecule has 1 saturated heterocycles. The molecule has 4 nitrogen and oxygen atoms in total. The van der Waals surface area contributed by atoms with Gasteiger partial charge in [0, 0.05) is 18.0 Å². The molecule has 1 aromatic heterocycles. The van der Waals surface area contributed by atoms with E-state index in [2.05, 4.69) is 16.0 Å². The third kappa shape index (κ3) is 3.35. The summed E-state index contributed by atoms with van der Waals surface area (Å²) in [6.07, 6.45) is 5.43. The third-order valence-corrected chi connectivity index (χ3v) is 5.38. The Morgan fingerprint density at radius 1 is 1.12 bits per heavy atom. The second-order valence-electron chi connectivity index (χ2n) is 6.04. The van der Waals surface area contributed by atoms with E-state index in [9.17, 15) is 9.18 Å². The predicted octanol–water partition coefficient (Wildman–Crippen LogP) is 4.22. The fourth-order valence-corrected chi connectivity index (χ4v) is 3.99. The van der Waals surface area contributed by atoms with E-state index >= 15 is 0 Å². The van der Waals surface area contributed by atoms with Crippen LogP contribution in [0.4, 0.5) is 9.39 Å². The maximum absolute atomic E-state index is 13.8. The summed E-state index contributed by atoms with van der Waals surface area (Å²) in [6, 6.07) is 10.2. The maximum atomic E-state index is 13.8. The number of hydrogen-bond donors (Lipinski definition) is 0. The van der Waals surface area contributed by atoms with Gasteiger partial charge in [-0.15, -0.1) is 11.3 Å². The van der Waals surface area contributed by atoms with E-state index in [0.717, 1.165) is 18.0 Å². The number of thiophene rings is 1. The molecular formula is C19H17FN2O2S. The molecule has 2 aromatic rings. The number of anilines is 1. The number of esters is 1. The average Bonchev–Trinajstić information content (AvgIpc) is 3.24. The Bertz CT molecular complexity index is 866. The molecule has 3 heterocycles. The molecule has 0 radical (unpaired) electrons. The zero-order valence-electron chi connectivity index (χ0n) is 13.6. The van der Waals surface area contributed by atoms with Crippen LogP contribution in [-0.2, 0) is 9.53 Å². The second kappa shape index (κ2) is 6.80. The number of carbonyl (C=O) groups is 1. The highest BCUT2D eigenvalue weighted by atomic mass is 32.1. The van der Waals surface area contributed by atoms with Crippen molar-refractivity contribution in [3.8, 4) is 0 Å². The van der Waals surface area contributed by atoms with E-state index in [1.54, 1.807) is 35.6 Å². The van der Waals surface area contributed by atoms with Gasteiger partial charge in [-0.2, -0.15) is 0 Å². The first kappa shape index (κ1) is 16.0. The van der Waals surface area contributed by atoms with Gasteiger partial charge < -0.3 is 9.64 Å². The summed E-state index contributed by atoms with van der Waals surface area (Å²) in [6.45, 7) is 2.16. The van der Waals surface area contributed by atoms with Crippen LogP contribution in [0, 0.1) is 5.82 Å². The Balaban J connectivity index is 1.58. The van der Waals surface area contributed by atoms with E-state index in [0.29, 0.717) is 0 Å². The number of rotatable bonds is 3. The van der Waals surface area contributed by atoms with Gasteiger partial charge in [0.15, 0.2) is 5.70 Å². The molecule has 0 N–H and O–H groups in total. The SMILES string of the molecule is O=C1OC(c2ccccc2F)=N/C1=C\c1ccc(N2CCCCC2)s1. The van der Waals surface area contributed by atoms with Crippen LogP contribution in [0.2, 0.25) is 0 Å². The smallest absolute Gasteiger partial charge is 0.363 e. The number of nitrogens with zero attached hydrogens (tertiary/aromatic N) is 2. The Labute approximate surface area is 149 Å². The lowest BCUT2D eigenvalue weighted by Gasteiger charge is -2.27. The molecule has 0 atom stereocenters. The summed E-state index contributed by atoms with van der Waals surface area (Å²) in [5.74, 6) is -0.993. The summed E-state index contributed by atoms with van der Waals surface area (Å²) in [7, 11) is 0. The van der Waals surface area contributed by atoms with Crippen LogP contribution in [0.3, 0.4) is 0 Å². The van der Waals surface area contributed by atoms with Gasteiger partial charge in [-0.1, -0.05) is 12.1 Å². The Kier molecular flexibility index (Phi) is 4.36. The van der Waals surface area contributed by atoms with E-state index in [4.69, 9.17) is 4.74 Å². The number of benzene rings is 1. The minimum absolute atomic E-state index is 0.0159. The molecule has 0 spiro atoms. The number of piperidine rings is 1. The quantitative estimate of drug-likeness (QED) is 0.611. The number of ether oxygens (including phenoxy) is 1. The van der Waals surface area contributed by atoms with Gasteiger partial charge in [0.1, 0.15) is 5.82 Å². The molecule has 2 aliphatic rings. The number of halogens is 1. The molecule has 128 valence electrons. The van der Waals surface area contributed by atoms with Crippen molar-refractivity contribution in [1.82, 2.24) is 0 Å². The van der Waals surface area contributed by atoms with Crippen LogP contribution in [0.1, 0.15) is 29.7 Å². The number of carbonyl (C=O) groups excluding carboxylic acids is 1. The van der Waals surface area contributed by atoms with Gasteiger partial charge in [-0.05, 0) is 49.6 Å². The van der Waals surface area contributed by atoms with Crippen LogP contribution >= 0.6 is 11.3 Å². The Morgan fingerprint density at radius 2 is 1.92 bits per heavy atom. The highest BCUT2D eigenvalue weighted by Crippen LogP contribution is 2.31. The van der Waals surface area contributed by atoms with Crippen molar-refractivity contribution >= 4 is 34.3 Å². The summed E-state index contributed by atoms with van der Waals surface area (Å²) >= 11 is 1.63. The maximum Gasteiger partial charge on any atom is 0.363 e. The molecule has 0 aliphatic carbocycles. The fraction of sp³-hybridized carbons (Fsp3) is 0.263. The van der Waals surface area contributed by atoms with Crippen LogP contribution < -0.4 is 4.90 Å². The zero-order valence-corrected chi connectivity index (χ0v) is 14.4. The minimum Gasteiger partial charge on any atom is -0.402 e. The lowest BCUT2D eigenvalue weighted by molar-refractivity contribution is -0.129. The molecule has 1 fully saturated rings. The van der Waals surface area contributed by atoms with Crippen molar-refractivity contribution in [3.05, 3.63) is 58.4 Å². The van der Waals surface area contributed by atoms with Crippen molar-refractivity contribution in [2.24, 2.45) is 4.99 Å². The van der Waals surface area contributed by atoms with Gasteiger partial charge in [-0.25, -0.2) is 14.2 Å². The highest BCUT2D eigenvalue weighted by Gasteiger charge is 2.26. The molecule has 2 aliphatic heterocycles. The van der Waals surface area contributed by atoms with E-state index in [-0.39, 0.29) is 17.2 Å². The molecular weight excluding hydrogens is 339 g/mol. The van der Waals surface area contributed by atoms with Gasteiger partial charge in [0.25, 0.3) is 0 Å². The highest BCUT2D eigenvalue weighted by molar-refractivity contribution is 7.16. The predicted molar refractivity (Wildman–Crippen MR) is 97.4 cm³/mol. The monoisotopic (exact) mass is 356 g/mol. The van der Waals surface area contributed by atoms with E-state index in [1.807, 2.05) is 6.07 Å². The Morgan fingerprint density at radius 3 is 2.72 bits per heavy atom. The Hall–Kier alpha value is -2.47. The minimum atomic E-state index is -0.550. The molecule has 6 heteroatoms. The van der Waals surface area contributed by atoms with Crippen molar-refractivity contribution < 1.29 is 13.9 Å². The van der Waals surface area contributed by atoms with Gasteiger partial charge in [0.05, 0.1) is 10.6 Å². The molecule has 4 rings (SSSR count). The van der Waals surface area contributed by atoms with Crippen molar-refractivity contribution in [1.29, 1.82) is 0 Å². The largest absolute Gasteiger partial charge is 0.402 e. The fourth-order valence-electron chi connectivity index (χ4n) is 3.00. The molecule has 0 bridgehead atoms. The topological polar surface area (TPSA) is 41.9 Å². The number of hydrogen-bond acceptors (Lipinski definition) is 5. The molecule has 0 amide bonds. The summed E-state index contributed by atoms with van der Waals surface area (Å²) in [5.41, 5.74) is 0.393.